The zero-order valence-corrected chi connectivity index (χ0v) is 6.84. The highest BCUT2D eigenvalue weighted by molar-refractivity contribution is 7.13. The lowest BCUT2D eigenvalue weighted by atomic mass is 10.2. The number of hydrogen-bond acceptors (Lipinski definition) is 4. The molecule has 2 aromatic rings. The van der Waals surface area contributed by atoms with Crippen molar-refractivity contribution in [1.82, 2.24) is 9.59 Å². The minimum Gasteiger partial charge on any atom is -0.366 e. The monoisotopic (exact) mass is 179 g/mol. The fraction of sp³-hybridized carbons (Fsp3) is 0. The van der Waals surface area contributed by atoms with Gasteiger partial charge in [-0.25, -0.2) is 0 Å². The molecule has 2 rings (SSSR count). The van der Waals surface area contributed by atoms with Gasteiger partial charge >= 0.3 is 0 Å². The van der Waals surface area contributed by atoms with Crippen LogP contribution in [-0.4, -0.2) is 15.5 Å². The van der Waals surface area contributed by atoms with E-state index in [1.54, 1.807) is 18.2 Å². The molecule has 0 fully saturated rings. The lowest BCUT2D eigenvalue weighted by molar-refractivity contribution is 0.100. The number of fused-ring (bicyclic) bond motifs is 1. The summed E-state index contributed by atoms with van der Waals surface area (Å²) in [6.45, 7) is 0. The van der Waals surface area contributed by atoms with Gasteiger partial charge in [0, 0.05) is 0 Å². The first-order valence-electron chi connectivity index (χ1n) is 3.30. The van der Waals surface area contributed by atoms with E-state index in [0.717, 1.165) is 10.2 Å². The van der Waals surface area contributed by atoms with E-state index in [4.69, 9.17) is 5.73 Å². The molecule has 0 aliphatic rings. The first-order chi connectivity index (χ1) is 5.79. The maximum Gasteiger partial charge on any atom is 0.250 e. The topological polar surface area (TPSA) is 68.9 Å². The minimum absolute atomic E-state index is 0.438. The second kappa shape index (κ2) is 2.53. The smallest absolute Gasteiger partial charge is 0.250 e. The summed E-state index contributed by atoms with van der Waals surface area (Å²) in [6.07, 6.45) is 0. The number of benzene rings is 1. The standard InChI is InChI=1S/C7H5N3OS/c8-7(11)4-2-1-3-5-6(4)12-10-9-5/h1-3H,(H2,8,11). The molecule has 0 unspecified atom stereocenters. The Kier molecular flexibility index (Phi) is 1.51. The van der Waals surface area contributed by atoms with E-state index >= 15 is 0 Å². The van der Waals surface area contributed by atoms with Crippen LogP contribution in [-0.2, 0) is 0 Å². The molecular formula is C7H5N3OS. The molecule has 1 aromatic carbocycles. The predicted octanol–water partition coefficient (Wildman–Crippen LogP) is 0.790. The molecule has 0 saturated heterocycles. The lowest BCUT2D eigenvalue weighted by Gasteiger charge is -1.93. The second-order valence-electron chi connectivity index (χ2n) is 2.29. The van der Waals surface area contributed by atoms with Crippen molar-refractivity contribution in [2.24, 2.45) is 5.73 Å². The number of amides is 1. The summed E-state index contributed by atoms with van der Waals surface area (Å²) in [7, 11) is 0. The minimum atomic E-state index is -0.438. The number of carbonyl (C=O) groups excluding carboxylic acids is 1. The normalized spacial score (nSPS) is 10.3. The Bertz CT molecular complexity index is 437. The molecular weight excluding hydrogens is 174 g/mol. The SMILES string of the molecule is NC(=O)c1cccc2nnsc12. The van der Waals surface area contributed by atoms with Crippen LogP contribution in [0.25, 0.3) is 10.2 Å². The average Bonchev–Trinajstić information content (AvgIpc) is 2.49. The second-order valence-corrected chi connectivity index (χ2v) is 3.05. The van der Waals surface area contributed by atoms with Crippen LogP contribution in [0.1, 0.15) is 10.4 Å². The maximum atomic E-state index is 10.9. The molecule has 12 heavy (non-hydrogen) atoms. The molecule has 0 bridgehead atoms. The summed E-state index contributed by atoms with van der Waals surface area (Å²) < 4.78 is 4.48. The van der Waals surface area contributed by atoms with Gasteiger partial charge in [-0.1, -0.05) is 10.6 Å². The molecule has 5 heteroatoms. The van der Waals surface area contributed by atoms with Gasteiger partial charge in [0.2, 0.25) is 5.91 Å². The van der Waals surface area contributed by atoms with Crippen molar-refractivity contribution in [2.45, 2.75) is 0 Å². The van der Waals surface area contributed by atoms with Gasteiger partial charge in [0.1, 0.15) is 5.52 Å². The van der Waals surface area contributed by atoms with Crippen LogP contribution in [0.4, 0.5) is 0 Å². The number of carbonyl (C=O) groups is 1. The summed E-state index contributed by atoms with van der Waals surface area (Å²) in [6, 6.07) is 5.21. The third-order valence-corrected chi connectivity index (χ3v) is 2.32. The molecule has 0 spiro atoms. The van der Waals surface area contributed by atoms with E-state index in [1.165, 1.54) is 11.5 Å². The molecule has 0 atom stereocenters. The van der Waals surface area contributed by atoms with Crippen molar-refractivity contribution < 1.29 is 4.79 Å². The number of nitrogens with zero attached hydrogens (tertiary/aromatic N) is 2. The van der Waals surface area contributed by atoms with Crippen LogP contribution >= 0.6 is 11.5 Å². The number of primary amides is 1. The predicted molar refractivity (Wildman–Crippen MR) is 45.9 cm³/mol. The van der Waals surface area contributed by atoms with Crippen molar-refractivity contribution in [1.29, 1.82) is 0 Å². The highest BCUT2D eigenvalue weighted by Crippen LogP contribution is 2.19. The highest BCUT2D eigenvalue weighted by atomic mass is 32.1. The summed E-state index contributed by atoms with van der Waals surface area (Å²) >= 11 is 1.18. The summed E-state index contributed by atoms with van der Waals surface area (Å²) in [5.74, 6) is -0.438. The molecule has 0 saturated carbocycles. The van der Waals surface area contributed by atoms with E-state index in [0.29, 0.717) is 5.56 Å². The lowest BCUT2D eigenvalue weighted by Crippen LogP contribution is -2.10. The Hall–Kier alpha value is -1.49. The van der Waals surface area contributed by atoms with Crippen molar-refractivity contribution in [3.63, 3.8) is 0 Å². The third-order valence-electron chi connectivity index (χ3n) is 1.54. The van der Waals surface area contributed by atoms with Crippen LogP contribution in [0.2, 0.25) is 0 Å². The summed E-state index contributed by atoms with van der Waals surface area (Å²) in [5, 5.41) is 3.82. The molecule has 1 amide bonds. The number of hydrogen-bond donors (Lipinski definition) is 1. The van der Waals surface area contributed by atoms with Crippen molar-refractivity contribution >= 4 is 27.7 Å². The largest absolute Gasteiger partial charge is 0.366 e. The third kappa shape index (κ3) is 0.947. The van der Waals surface area contributed by atoms with Gasteiger partial charge in [0.05, 0.1) is 10.3 Å². The Morgan fingerprint density at radius 1 is 1.50 bits per heavy atom. The molecule has 0 radical (unpaired) electrons. The van der Waals surface area contributed by atoms with E-state index in [2.05, 4.69) is 9.59 Å². The fourth-order valence-electron chi connectivity index (χ4n) is 0.999. The van der Waals surface area contributed by atoms with Gasteiger partial charge in [-0.2, -0.15) is 0 Å². The molecule has 4 nitrogen and oxygen atoms in total. The maximum absolute atomic E-state index is 10.9. The zero-order valence-electron chi connectivity index (χ0n) is 6.02. The van der Waals surface area contributed by atoms with Gasteiger partial charge < -0.3 is 5.73 Å². The Balaban J connectivity index is 2.82. The van der Waals surface area contributed by atoms with Crippen LogP contribution in [0.3, 0.4) is 0 Å². The van der Waals surface area contributed by atoms with E-state index in [9.17, 15) is 4.79 Å². The number of aromatic nitrogens is 2. The summed E-state index contributed by atoms with van der Waals surface area (Å²) in [4.78, 5) is 10.9. The zero-order chi connectivity index (χ0) is 8.55. The van der Waals surface area contributed by atoms with E-state index < -0.39 is 5.91 Å². The molecule has 0 aliphatic carbocycles. The van der Waals surface area contributed by atoms with Gasteiger partial charge in [-0.05, 0) is 23.7 Å². The fourth-order valence-corrected chi connectivity index (χ4v) is 1.68. The highest BCUT2D eigenvalue weighted by Gasteiger charge is 2.07. The Morgan fingerprint density at radius 3 is 3.08 bits per heavy atom. The van der Waals surface area contributed by atoms with Gasteiger partial charge in [0.25, 0.3) is 0 Å². The van der Waals surface area contributed by atoms with Crippen LogP contribution in [0, 0.1) is 0 Å². The summed E-state index contributed by atoms with van der Waals surface area (Å²) in [5.41, 5.74) is 6.36. The molecule has 1 heterocycles. The number of nitrogens with two attached hydrogens (primary N) is 1. The van der Waals surface area contributed by atoms with Gasteiger partial charge in [0.15, 0.2) is 0 Å². The van der Waals surface area contributed by atoms with Crippen molar-refractivity contribution in [3.8, 4) is 0 Å². The molecule has 60 valence electrons. The van der Waals surface area contributed by atoms with Crippen LogP contribution in [0.5, 0.6) is 0 Å². The van der Waals surface area contributed by atoms with E-state index in [-0.39, 0.29) is 0 Å². The Labute approximate surface area is 72.2 Å². The van der Waals surface area contributed by atoms with Crippen molar-refractivity contribution in [2.75, 3.05) is 0 Å². The van der Waals surface area contributed by atoms with E-state index in [1.807, 2.05) is 0 Å². The average molecular weight is 179 g/mol. The Morgan fingerprint density at radius 2 is 2.33 bits per heavy atom. The number of rotatable bonds is 1. The first kappa shape index (κ1) is 7.17. The molecule has 0 aliphatic heterocycles. The van der Waals surface area contributed by atoms with Crippen LogP contribution < -0.4 is 5.73 Å². The molecule has 2 N–H and O–H groups in total. The van der Waals surface area contributed by atoms with Gasteiger partial charge in [-0.3, -0.25) is 4.79 Å². The molecule has 1 aromatic heterocycles. The quantitative estimate of drug-likeness (QED) is 0.703. The van der Waals surface area contributed by atoms with Crippen LogP contribution in [0.15, 0.2) is 18.2 Å². The first-order valence-corrected chi connectivity index (χ1v) is 4.07. The van der Waals surface area contributed by atoms with Crippen molar-refractivity contribution in [3.05, 3.63) is 23.8 Å². The van der Waals surface area contributed by atoms with Gasteiger partial charge in [-0.15, -0.1) is 5.10 Å².